The summed E-state index contributed by atoms with van der Waals surface area (Å²) in [5, 5.41) is 13.0. The average molecular weight is 272 g/mol. The van der Waals surface area contributed by atoms with Crippen molar-refractivity contribution in [2.24, 2.45) is 0 Å². The molecule has 3 aromatic rings. The van der Waals surface area contributed by atoms with Crippen molar-refractivity contribution in [3.8, 4) is 5.75 Å². The van der Waals surface area contributed by atoms with E-state index in [0.29, 0.717) is 5.75 Å². The van der Waals surface area contributed by atoms with E-state index in [2.05, 4.69) is 29.6 Å². The number of phenols is 1. The number of fused-ring (bicyclic) bond motifs is 1. The summed E-state index contributed by atoms with van der Waals surface area (Å²) in [4.78, 5) is 1.10. The SMILES string of the molecule is Oc1cccc(SCc2csc3ccccc23)c1. The van der Waals surface area contributed by atoms with E-state index >= 15 is 0 Å². The highest BCUT2D eigenvalue weighted by molar-refractivity contribution is 7.98. The highest BCUT2D eigenvalue weighted by Crippen LogP contribution is 2.32. The summed E-state index contributed by atoms with van der Waals surface area (Å²) < 4.78 is 1.34. The standard InChI is InChI=1S/C15H12OS2/c16-12-4-3-5-13(8-12)17-9-11-10-18-15-7-2-1-6-14(11)15/h1-8,10,16H,9H2. The zero-order valence-corrected chi connectivity index (χ0v) is 11.3. The Bertz CT molecular complexity index is 673. The molecule has 18 heavy (non-hydrogen) atoms. The van der Waals surface area contributed by atoms with Crippen molar-refractivity contribution in [3.05, 3.63) is 59.5 Å². The van der Waals surface area contributed by atoms with Crippen LogP contribution in [0, 0.1) is 0 Å². The van der Waals surface area contributed by atoms with Crippen LogP contribution in [-0.2, 0) is 5.75 Å². The van der Waals surface area contributed by atoms with Crippen molar-refractivity contribution in [1.82, 2.24) is 0 Å². The molecule has 0 amide bonds. The molecule has 1 heterocycles. The van der Waals surface area contributed by atoms with Gasteiger partial charge < -0.3 is 5.11 Å². The van der Waals surface area contributed by atoms with E-state index in [9.17, 15) is 5.11 Å². The largest absolute Gasteiger partial charge is 0.508 e. The molecule has 0 spiro atoms. The molecule has 0 unspecified atom stereocenters. The second-order valence-corrected chi connectivity index (χ2v) is 6.00. The number of thiophene rings is 1. The van der Waals surface area contributed by atoms with Crippen LogP contribution in [0.1, 0.15) is 5.56 Å². The number of aromatic hydroxyl groups is 1. The first-order chi connectivity index (χ1) is 8.83. The maximum atomic E-state index is 9.43. The van der Waals surface area contributed by atoms with Crippen LogP contribution >= 0.6 is 23.1 Å². The Morgan fingerprint density at radius 3 is 2.83 bits per heavy atom. The lowest BCUT2D eigenvalue weighted by Crippen LogP contribution is -1.78. The molecule has 0 aliphatic rings. The van der Waals surface area contributed by atoms with Crippen molar-refractivity contribution in [2.75, 3.05) is 0 Å². The molecule has 0 atom stereocenters. The normalized spacial score (nSPS) is 10.9. The Morgan fingerprint density at radius 1 is 1.06 bits per heavy atom. The number of rotatable bonds is 3. The van der Waals surface area contributed by atoms with Crippen molar-refractivity contribution in [2.45, 2.75) is 10.6 Å². The minimum Gasteiger partial charge on any atom is -0.508 e. The molecular weight excluding hydrogens is 260 g/mol. The Kier molecular flexibility index (Phi) is 3.26. The van der Waals surface area contributed by atoms with Crippen molar-refractivity contribution < 1.29 is 5.11 Å². The van der Waals surface area contributed by atoms with E-state index in [-0.39, 0.29) is 0 Å². The van der Waals surface area contributed by atoms with Gasteiger partial charge in [-0.05, 0) is 40.6 Å². The summed E-state index contributed by atoms with van der Waals surface area (Å²) in [6, 6.07) is 15.9. The number of benzene rings is 2. The summed E-state index contributed by atoms with van der Waals surface area (Å²) in [5.74, 6) is 1.27. The van der Waals surface area contributed by atoms with Crippen LogP contribution in [0.25, 0.3) is 10.1 Å². The number of hydrogen-bond donors (Lipinski definition) is 1. The van der Waals surface area contributed by atoms with E-state index in [1.165, 1.54) is 15.6 Å². The maximum Gasteiger partial charge on any atom is 0.116 e. The number of hydrogen-bond acceptors (Lipinski definition) is 3. The van der Waals surface area contributed by atoms with Gasteiger partial charge in [0.05, 0.1) is 0 Å². The van der Waals surface area contributed by atoms with Gasteiger partial charge in [0.1, 0.15) is 5.75 Å². The summed E-state index contributed by atoms with van der Waals surface area (Å²) in [5.41, 5.74) is 1.36. The third-order valence-electron chi connectivity index (χ3n) is 2.77. The molecular formula is C15H12OS2. The predicted octanol–water partition coefficient (Wildman–Crippen LogP) is 4.90. The summed E-state index contributed by atoms with van der Waals surface area (Å²) in [6.07, 6.45) is 0. The zero-order chi connectivity index (χ0) is 12.4. The molecule has 90 valence electrons. The molecule has 3 heteroatoms. The van der Waals surface area contributed by atoms with Crippen molar-refractivity contribution in [3.63, 3.8) is 0 Å². The van der Waals surface area contributed by atoms with Gasteiger partial charge in [0.25, 0.3) is 0 Å². The summed E-state index contributed by atoms with van der Waals surface area (Å²) >= 11 is 3.54. The van der Waals surface area contributed by atoms with Crippen LogP contribution in [-0.4, -0.2) is 5.11 Å². The van der Waals surface area contributed by atoms with E-state index in [4.69, 9.17) is 0 Å². The molecule has 3 rings (SSSR count). The third kappa shape index (κ3) is 2.37. The lowest BCUT2D eigenvalue weighted by Gasteiger charge is -2.01. The molecule has 0 radical (unpaired) electrons. The Morgan fingerprint density at radius 2 is 1.94 bits per heavy atom. The Balaban J connectivity index is 1.81. The minimum atomic E-state index is 0.329. The van der Waals surface area contributed by atoms with Crippen LogP contribution in [0.5, 0.6) is 5.75 Å². The van der Waals surface area contributed by atoms with E-state index in [1.807, 2.05) is 12.1 Å². The van der Waals surface area contributed by atoms with Gasteiger partial charge in [-0.1, -0.05) is 24.3 Å². The second kappa shape index (κ2) is 5.04. The molecule has 1 nitrogen and oxygen atoms in total. The molecule has 0 aliphatic heterocycles. The van der Waals surface area contributed by atoms with Gasteiger partial charge in [0.15, 0.2) is 0 Å². The van der Waals surface area contributed by atoms with Crippen LogP contribution in [0.2, 0.25) is 0 Å². The van der Waals surface area contributed by atoms with Gasteiger partial charge in [-0.15, -0.1) is 23.1 Å². The molecule has 0 fully saturated rings. The topological polar surface area (TPSA) is 20.2 Å². The van der Waals surface area contributed by atoms with E-state index < -0.39 is 0 Å². The fourth-order valence-electron chi connectivity index (χ4n) is 1.88. The van der Waals surface area contributed by atoms with E-state index in [0.717, 1.165) is 10.6 Å². The lowest BCUT2D eigenvalue weighted by atomic mass is 10.2. The Labute approximate surface area is 114 Å². The summed E-state index contributed by atoms with van der Waals surface area (Å²) in [7, 11) is 0. The van der Waals surface area contributed by atoms with Gasteiger partial charge in [-0.2, -0.15) is 0 Å². The molecule has 0 saturated heterocycles. The zero-order valence-electron chi connectivity index (χ0n) is 9.67. The molecule has 2 aromatic carbocycles. The van der Waals surface area contributed by atoms with Gasteiger partial charge in [-0.3, -0.25) is 0 Å². The van der Waals surface area contributed by atoms with Crippen LogP contribution in [0.4, 0.5) is 0 Å². The minimum absolute atomic E-state index is 0.329. The highest BCUT2D eigenvalue weighted by atomic mass is 32.2. The van der Waals surface area contributed by atoms with Crippen LogP contribution < -0.4 is 0 Å². The molecule has 0 bridgehead atoms. The second-order valence-electron chi connectivity index (χ2n) is 4.04. The third-order valence-corrected chi connectivity index (χ3v) is 4.83. The molecule has 0 saturated carbocycles. The van der Waals surface area contributed by atoms with Gasteiger partial charge >= 0.3 is 0 Å². The van der Waals surface area contributed by atoms with Gasteiger partial charge in [0.2, 0.25) is 0 Å². The first kappa shape index (κ1) is 11.6. The maximum absolute atomic E-state index is 9.43. The predicted molar refractivity (Wildman–Crippen MR) is 79.5 cm³/mol. The Hall–Kier alpha value is -1.45. The number of thioether (sulfide) groups is 1. The smallest absolute Gasteiger partial charge is 0.116 e. The first-order valence-corrected chi connectivity index (χ1v) is 7.56. The molecule has 1 aromatic heterocycles. The highest BCUT2D eigenvalue weighted by Gasteiger charge is 2.04. The fraction of sp³-hybridized carbons (Fsp3) is 0.0667. The average Bonchev–Trinajstić information content (AvgIpc) is 2.80. The van der Waals surface area contributed by atoms with Crippen molar-refractivity contribution in [1.29, 1.82) is 0 Å². The summed E-state index contributed by atoms with van der Waals surface area (Å²) in [6.45, 7) is 0. The van der Waals surface area contributed by atoms with Crippen molar-refractivity contribution >= 4 is 33.2 Å². The molecule has 0 aliphatic carbocycles. The van der Waals surface area contributed by atoms with Crippen LogP contribution in [0.15, 0.2) is 58.8 Å². The van der Waals surface area contributed by atoms with Crippen LogP contribution in [0.3, 0.4) is 0 Å². The first-order valence-electron chi connectivity index (χ1n) is 5.70. The fourth-order valence-corrected chi connectivity index (χ4v) is 3.89. The monoisotopic (exact) mass is 272 g/mol. The number of phenolic OH excluding ortho intramolecular Hbond substituents is 1. The quantitative estimate of drug-likeness (QED) is 0.684. The van der Waals surface area contributed by atoms with Gasteiger partial charge in [0, 0.05) is 15.3 Å². The van der Waals surface area contributed by atoms with E-state index in [1.54, 1.807) is 35.2 Å². The molecule has 1 N–H and O–H groups in total. The lowest BCUT2D eigenvalue weighted by molar-refractivity contribution is 0.474. The van der Waals surface area contributed by atoms with Gasteiger partial charge in [-0.25, -0.2) is 0 Å².